The van der Waals surface area contributed by atoms with Gasteiger partial charge in [-0.2, -0.15) is 4.52 Å². The second-order valence-electron chi connectivity index (χ2n) is 5.30. The van der Waals surface area contributed by atoms with Crippen LogP contribution in [0, 0.1) is 0 Å². The summed E-state index contributed by atoms with van der Waals surface area (Å²) >= 11 is 0. The van der Waals surface area contributed by atoms with Crippen molar-refractivity contribution in [2.24, 2.45) is 0 Å². The number of hydrogen-bond acceptors (Lipinski definition) is 4. The predicted molar refractivity (Wildman–Crippen MR) is 73.4 cm³/mol. The molecule has 3 heterocycles. The van der Waals surface area contributed by atoms with Gasteiger partial charge in [0.25, 0.3) is 0 Å². The van der Waals surface area contributed by atoms with Crippen LogP contribution < -0.4 is 4.74 Å². The second-order valence-corrected chi connectivity index (χ2v) is 5.30. The molecule has 0 aromatic carbocycles. The molecule has 1 atom stereocenters. The fraction of sp³-hybridized carbons (Fsp3) is 0.571. The van der Waals surface area contributed by atoms with Crippen molar-refractivity contribution in [3.8, 4) is 5.88 Å². The van der Waals surface area contributed by atoms with Crippen LogP contribution in [0.4, 0.5) is 0 Å². The minimum absolute atomic E-state index is 0.338. The van der Waals surface area contributed by atoms with E-state index in [-0.39, 0.29) is 0 Å². The van der Waals surface area contributed by atoms with Crippen LogP contribution in [0.15, 0.2) is 18.2 Å². The van der Waals surface area contributed by atoms with Crippen molar-refractivity contribution in [1.29, 1.82) is 0 Å². The Morgan fingerprint density at radius 3 is 2.95 bits per heavy atom. The molecule has 1 aliphatic heterocycles. The molecular formula is C14H20N4O. The van der Waals surface area contributed by atoms with E-state index in [2.05, 4.69) is 28.8 Å². The summed E-state index contributed by atoms with van der Waals surface area (Å²) in [5, 5.41) is 4.64. The summed E-state index contributed by atoms with van der Waals surface area (Å²) < 4.78 is 7.11. The van der Waals surface area contributed by atoms with Gasteiger partial charge in [0, 0.05) is 12.1 Å². The van der Waals surface area contributed by atoms with E-state index in [4.69, 9.17) is 4.74 Å². The summed E-state index contributed by atoms with van der Waals surface area (Å²) in [4.78, 5) is 7.14. The van der Waals surface area contributed by atoms with E-state index < -0.39 is 0 Å². The van der Waals surface area contributed by atoms with Crippen molar-refractivity contribution >= 4 is 5.65 Å². The molecule has 0 amide bonds. The van der Waals surface area contributed by atoms with E-state index in [1.54, 1.807) is 11.6 Å². The average molecular weight is 260 g/mol. The first kappa shape index (κ1) is 12.4. The minimum atomic E-state index is 0.338. The number of rotatable bonds is 3. The molecule has 1 unspecified atom stereocenters. The van der Waals surface area contributed by atoms with E-state index >= 15 is 0 Å². The van der Waals surface area contributed by atoms with Crippen LogP contribution >= 0.6 is 0 Å². The van der Waals surface area contributed by atoms with E-state index in [0.717, 1.165) is 30.3 Å². The number of likely N-dealkylation sites (tertiary alicyclic amines) is 1. The Balaban J connectivity index is 2.01. The number of methoxy groups -OCH3 is 1. The Morgan fingerprint density at radius 1 is 1.37 bits per heavy atom. The van der Waals surface area contributed by atoms with Gasteiger partial charge in [0.05, 0.1) is 13.2 Å². The monoisotopic (exact) mass is 260 g/mol. The van der Waals surface area contributed by atoms with E-state index in [1.807, 2.05) is 18.2 Å². The highest BCUT2D eigenvalue weighted by Gasteiger charge is 2.31. The summed E-state index contributed by atoms with van der Waals surface area (Å²) in [5.74, 6) is 1.64. The zero-order chi connectivity index (χ0) is 13.4. The maximum absolute atomic E-state index is 5.32. The third-order valence-electron chi connectivity index (χ3n) is 3.81. The normalized spacial score (nSPS) is 20.5. The van der Waals surface area contributed by atoms with Crippen LogP contribution in [0.25, 0.3) is 5.65 Å². The van der Waals surface area contributed by atoms with Crippen LogP contribution in [0.2, 0.25) is 0 Å². The SMILES string of the molecule is COc1cccc2nc(C3CCCN3C(C)C)nn12. The molecule has 5 heteroatoms. The lowest BCUT2D eigenvalue weighted by Gasteiger charge is -2.26. The Kier molecular flexibility index (Phi) is 3.14. The standard InChI is InChI=1S/C14H20N4O/c1-10(2)17-9-5-6-11(17)14-15-12-7-4-8-13(19-3)18(12)16-14/h4,7-8,10-11H,5-6,9H2,1-3H3. The van der Waals surface area contributed by atoms with Crippen LogP contribution in [0.5, 0.6) is 5.88 Å². The maximum Gasteiger partial charge on any atom is 0.216 e. The highest BCUT2D eigenvalue weighted by atomic mass is 16.5. The number of fused-ring (bicyclic) bond motifs is 1. The lowest BCUT2D eigenvalue weighted by Crippen LogP contribution is -2.30. The highest BCUT2D eigenvalue weighted by Crippen LogP contribution is 2.32. The molecule has 1 aliphatic rings. The molecular weight excluding hydrogens is 240 g/mol. The van der Waals surface area contributed by atoms with Crippen LogP contribution in [-0.2, 0) is 0 Å². The molecule has 0 aliphatic carbocycles. The Bertz CT molecular complexity index is 578. The van der Waals surface area contributed by atoms with Gasteiger partial charge in [-0.05, 0) is 39.3 Å². The van der Waals surface area contributed by atoms with Gasteiger partial charge in [-0.1, -0.05) is 6.07 Å². The number of nitrogens with zero attached hydrogens (tertiary/aromatic N) is 4. The topological polar surface area (TPSA) is 42.7 Å². The molecule has 0 radical (unpaired) electrons. The largest absolute Gasteiger partial charge is 0.481 e. The summed E-state index contributed by atoms with van der Waals surface area (Å²) in [7, 11) is 1.66. The van der Waals surface area contributed by atoms with Crippen molar-refractivity contribution in [2.45, 2.75) is 38.8 Å². The number of hydrogen-bond donors (Lipinski definition) is 0. The maximum atomic E-state index is 5.32. The average Bonchev–Trinajstić information content (AvgIpc) is 3.03. The zero-order valence-corrected chi connectivity index (χ0v) is 11.7. The molecule has 0 bridgehead atoms. The molecule has 0 N–H and O–H groups in total. The summed E-state index contributed by atoms with van der Waals surface area (Å²) in [5.41, 5.74) is 0.852. The van der Waals surface area contributed by atoms with E-state index in [0.29, 0.717) is 12.1 Å². The first-order chi connectivity index (χ1) is 9.20. The highest BCUT2D eigenvalue weighted by molar-refractivity contribution is 5.41. The third kappa shape index (κ3) is 2.08. The fourth-order valence-corrected chi connectivity index (χ4v) is 2.88. The second kappa shape index (κ2) is 4.81. The van der Waals surface area contributed by atoms with Crippen molar-refractivity contribution in [3.63, 3.8) is 0 Å². The first-order valence-corrected chi connectivity index (χ1v) is 6.86. The van der Waals surface area contributed by atoms with E-state index in [9.17, 15) is 0 Å². The molecule has 19 heavy (non-hydrogen) atoms. The van der Waals surface area contributed by atoms with Gasteiger partial charge in [0.2, 0.25) is 5.88 Å². The van der Waals surface area contributed by atoms with Crippen molar-refractivity contribution in [2.75, 3.05) is 13.7 Å². The van der Waals surface area contributed by atoms with Gasteiger partial charge in [-0.15, -0.1) is 5.10 Å². The van der Waals surface area contributed by atoms with Crippen molar-refractivity contribution in [1.82, 2.24) is 19.5 Å². The van der Waals surface area contributed by atoms with Gasteiger partial charge in [0.1, 0.15) is 0 Å². The molecule has 2 aromatic rings. The van der Waals surface area contributed by atoms with Crippen molar-refractivity contribution in [3.05, 3.63) is 24.0 Å². The molecule has 1 fully saturated rings. The summed E-state index contributed by atoms with van der Waals surface area (Å²) in [6, 6.07) is 6.68. The Hall–Kier alpha value is -1.62. The fourth-order valence-electron chi connectivity index (χ4n) is 2.88. The smallest absolute Gasteiger partial charge is 0.216 e. The molecule has 5 nitrogen and oxygen atoms in total. The van der Waals surface area contributed by atoms with Gasteiger partial charge in [-0.3, -0.25) is 4.90 Å². The summed E-state index contributed by atoms with van der Waals surface area (Å²) in [6.07, 6.45) is 2.35. The van der Waals surface area contributed by atoms with Crippen LogP contribution in [-0.4, -0.2) is 39.2 Å². The van der Waals surface area contributed by atoms with Crippen molar-refractivity contribution < 1.29 is 4.74 Å². The van der Waals surface area contributed by atoms with Crippen LogP contribution in [0.1, 0.15) is 38.6 Å². The minimum Gasteiger partial charge on any atom is -0.481 e. The predicted octanol–water partition coefficient (Wildman–Crippen LogP) is 2.28. The lowest BCUT2D eigenvalue weighted by atomic mass is 10.2. The van der Waals surface area contributed by atoms with Gasteiger partial charge in [0.15, 0.2) is 11.5 Å². The molecule has 2 aromatic heterocycles. The van der Waals surface area contributed by atoms with Gasteiger partial charge < -0.3 is 4.74 Å². The van der Waals surface area contributed by atoms with Gasteiger partial charge in [-0.25, -0.2) is 4.98 Å². The lowest BCUT2D eigenvalue weighted by molar-refractivity contribution is 0.198. The van der Waals surface area contributed by atoms with Gasteiger partial charge >= 0.3 is 0 Å². The number of pyridine rings is 1. The molecule has 0 saturated carbocycles. The molecule has 102 valence electrons. The van der Waals surface area contributed by atoms with Crippen LogP contribution in [0.3, 0.4) is 0 Å². The molecule has 0 spiro atoms. The van der Waals surface area contributed by atoms with E-state index in [1.165, 1.54) is 6.42 Å². The molecule has 1 saturated heterocycles. The number of aromatic nitrogens is 3. The number of ether oxygens (including phenoxy) is 1. The summed E-state index contributed by atoms with van der Waals surface area (Å²) in [6.45, 7) is 5.60. The first-order valence-electron chi connectivity index (χ1n) is 6.86. The Labute approximate surface area is 113 Å². The third-order valence-corrected chi connectivity index (χ3v) is 3.81. The zero-order valence-electron chi connectivity index (χ0n) is 11.7. The Morgan fingerprint density at radius 2 is 2.21 bits per heavy atom. The molecule has 3 rings (SSSR count). The quantitative estimate of drug-likeness (QED) is 0.849.